The Morgan fingerprint density at radius 3 is 2.15 bits per heavy atom. The first-order valence-corrected chi connectivity index (χ1v) is 11.9. The molecule has 168 valence electrons. The van der Waals surface area contributed by atoms with E-state index in [0.717, 1.165) is 56.9 Å². The van der Waals surface area contributed by atoms with E-state index >= 15 is 0 Å². The van der Waals surface area contributed by atoms with Crippen LogP contribution < -0.4 is 4.90 Å². The summed E-state index contributed by atoms with van der Waals surface area (Å²) in [7, 11) is 0. The zero-order chi connectivity index (χ0) is 23.6. The van der Waals surface area contributed by atoms with Gasteiger partial charge >= 0.3 is 0 Å². The molecule has 1 unspecified atom stereocenters. The number of benzene rings is 3. The Morgan fingerprint density at radius 2 is 1.41 bits per heavy atom. The van der Waals surface area contributed by atoms with Crippen LogP contribution in [-0.4, -0.2) is 11.6 Å². The van der Waals surface area contributed by atoms with Gasteiger partial charge in [0, 0.05) is 46.0 Å². The van der Waals surface area contributed by atoms with Crippen molar-refractivity contribution in [2.75, 3.05) is 4.90 Å². The van der Waals surface area contributed by atoms with Gasteiger partial charge in [-0.15, -0.1) is 0 Å². The Labute approximate surface area is 200 Å². The second-order valence-electron chi connectivity index (χ2n) is 10.4. The topological polar surface area (TPSA) is 37.4 Å². The lowest BCUT2D eigenvalue weighted by atomic mass is 9.68. The minimum Gasteiger partial charge on any atom is -0.312 e. The molecule has 3 aliphatic rings. The van der Waals surface area contributed by atoms with Gasteiger partial charge in [0.25, 0.3) is 0 Å². The number of carbonyl (C=O) groups excluding carboxylic acids is 2. The lowest BCUT2D eigenvalue weighted by molar-refractivity contribution is -0.118. The van der Waals surface area contributed by atoms with Crippen LogP contribution in [0, 0.1) is 12.3 Å². The zero-order valence-corrected chi connectivity index (χ0v) is 19.8. The highest BCUT2D eigenvalue weighted by Crippen LogP contribution is 2.56. The standard InChI is InChI=1S/C31H27NO2/c1-19-11-7-10-16-23(19)32-24-17-31(2,3)18-25(33)27(24)26(20-12-5-4-6-13-20)28-29(32)21-14-8-9-15-22(21)30(28)34/h4-16,26H,17-18H2,1-3H3. The molecule has 6 rings (SSSR count). The van der Waals surface area contributed by atoms with Crippen LogP contribution in [0.1, 0.15) is 59.7 Å². The second-order valence-corrected chi connectivity index (χ2v) is 10.4. The third-order valence-electron chi connectivity index (χ3n) is 7.38. The molecule has 0 saturated carbocycles. The van der Waals surface area contributed by atoms with Crippen molar-refractivity contribution in [2.24, 2.45) is 5.41 Å². The maximum atomic E-state index is 14.0. The maximum absolute atomic E-state index is 14.0. The fourth-order valence-electron chi connectivity index (χ4n) is 5.96. The van der Waals surface area contributed by atoms with Gasteiger partial charge in [0.1, 0.15) is 0 Å². The van der Waals surface area contributed by atoms with Gasteiger partial charge in [-0.2, -0.15) is 0 Å². The van der Waals surface area contributed by atoms with Gasteiger partial charge in [0.15, 0.2) is 11.6 Å². The highest BCUT2D eigenvalue weighted by molar-refractivity contribution is 6.25. The number of nitrogens with zero attached hydrogens (tertiary/aromatic N) is 1. The normalized spacial score (nSPS) is 20.9. The summed E-state index contributed by atoms with van der Waals surface area (Å²) >= 11 is 0. The van der Waals surface area contributed by atoms with Crippen molar-refractivity contribution >= 4 is 23.0 Å². The van der Waals surface area contributed by atoms with Crippen molar-refractivity contribution in [1.29, 1.82) is 0 Å². The molecular weight excluding hydrogens is 418 g/mol. The zero-order valence-electron chi connectivity index (χ0n) is 19.8. The van der Waals surface area contributed by atoms with Gasteiger partial charge in [-0.1, -0.05) is 86.6 Å². The number of fused-ring (bicyclic) bond motifs is 2. The molecule has 0 amide bonds. The smallest absolute Gasteiger partial charge is 0.192 e. The summed E-state index contributed by atoms with van der Waals surface area (Å²) in [6, 6.07) is 26.2. The molecule has 3 aromatic rings. The molecule has 3 heteroatoms. The number of para-hydroxylation sites is 1. The fraction of sp³-hybridized carbons (Fsp3) is 0.226. The first-order chi connectivity index (χ1) is 16.4. The molecule has 0 N–H and O–H groups in total. The number of Topliss-reactive ketones (excluding diaryl/α,β-unsaturated/α-hetero) is 2. The number of ketones is 2. The van der Waals surface area contributed by atoms with Crippen molar-refractivity contribution in [1.82, 2.24) is 0 Å². The first-order valence-electron chi connectivity index (χ1n) is 11.9. The van der Waals surface area contributed by atoms with Gasteiger partial charge in [-0.25, -0.2) is 0 Å². The summed E-state index contributed by atoms with van der Waals surface area (Å²) in [6.45, 7) is 6.43. The van der Waals surface area contributed by atoms with Gasteiger partial charge in [-0.3, -0.25) is 9.59 Å². The number of aryl methyl sites for hydroxylation is 1. The summed E-state index contributed by atoms with van der Waals surface area (Å²) in [5.74, 6) is -0.175. The quantitative estimate of drug-likeness (QED) is 0.433. The molecule has 0 saturated heterocycles. The largest absolute Gasteiger partial charge is 0.312 e. The molecule has 3 nitrogen and oxygen atoms in total. The van der Waals surface area contributed by atoms with Gasteiger partial charge in [-0.05, 0) is 36.0 Å². The van der Waals surface area contributed by atoms with Crippen LogP contribution in [0.25, 0.3) is 5.70 Å². The third-order valence-corrected chi connectivity index (χ3v) is 7.38. The average Bonchev–Trinajstić information content (AvgIpc) is 3.11. The highest BCUT2D eigenvalue weighted by Gasteiger charge is 2.49. The molecule has 0 fully saturated rings. The van der Waals surface area contributed by atoms with Crippen molar-refractivity contribution in [3.8, 4) is 0 Å². The van der Waals surface area contributed by atoms with Gasteiger partial charge in [0.2, 0.25) is 0 Å². The number of rotatable bonds is 2. The van der Waals surface area contributed by atoms with Crippen LogP contribution in [0.3, 0.4) is 0 Å². The lowest BCUT2D eigenvalue weighted by Crippen LogP contribution is -2.39. The number of hydrogen-bond acceptors (Lipinski definition) is 3. The SMILES string of the molecule is Cc1ccccc1N1C2=C(C(=O)CC(C)(C)C2)C(c2ccccc2)C2=C1c1ccccc1C2=O. The Morgan fingerprint density at radius 1 is 0.765 bits per heavy atom. The van der Waals surface area contributed by atoms with Crippen molar-refractivity contribution < 1.29 is 9.59 Å². The van der Waals surface area contributed by atoms with Crippen LogP contribution in [0.15, 0.2) is 95.7 Å². The molecule has 0 bridgehead atoms. The van der Waals surface area contributed by atoms with E-state index in [1.165, 1.54) is 0 Å². The second kappa shape index (κ2) is 7.39. The van der Waals surface area contributed by atoms with Crippen LogP contribution in [0.4, 0.5) is 5.69 Å². The minimum absolute atomic E-state index is 0.0298. The summed E-state index contributed by atoms with van der Waals surface area (Å²) < 4.78 is 0. The monoisotopic (exact) mass is 445 g/mol. The molecule has 1 heterocycles. The minimum atomic E-state index is -0.352. The highest BCUT2D eigenvalue weighted by atomic mass is 16.1. The predicted octanol–water partition coefficient (Wildman–Crippen LogP) is 6.85. The Kier molecular flexibility index (Phi) is 4.54. The Balaban J connectivity index is 1.72. The molecule has 1 aliphatic heterocycles. The van der Waals surface area contributed by atoms with E-state index in [4.69, 9.17) is 0 Å². The summed E-state index contributed by atoms with van der Waals surface area (Å²) in [4.78, 5) is 30.0. The first kappa shape index (κ1) is 20.9. The summed E-state index contributed by atoms with van der Waals surface area (Å²) in [5, 5.41) is 0. The van der Waals surface area contributed by atoms with Crippen molar-refractivity contribution in [3.63, 3.8) is 0 Å². The van der Waals surface area contributed by atoms with E-state index in [9.17, 15) is 9.59 Å². The molecule has 0 radical (unpaired) electrons. The van der Waals surface area contributed by atoms with Crippen molar-refractivity contribution in [3.05, 3.63) is 118 Å². The third kappa shape index (κ3) is 2.96. The molecule has 3 aromatic carbocycles. The van der Waals surface area contributed by atoms with Gasteiger partial charge < -0.3 is 4.90 Å². The molecule has 34 heavy (non-hydrogen) atoms. The molecule has 2 aliphatic carbocycles. The van der Waals surface area contributed by atoms with Gasteiger partial charge in [0.05, 0.1) is 5.70 Å². The van der Waals surface area contributed by atoms with E-state index in [0.29, 0.717) is 6.42 Å². The molecule has 0 spiro atoms. The molecular formula is C31H27NO2. The fourth-order valence-corrected chi connectivity index (χ4v) is 5.96. The average molecular weight is 446 g/mol. The Hall–Kier alpha value is -3.72. The van der Waals surface area contributed by atoms with Crippen LogP contribution >= 0.6 is 0 Å². The number of allylic oxidation sites excluding steroid dienone is 3. The number of anilines is 1. The summed E-state index contributed by atoms with van der Waals surface area (Å²) in [6.07, 6.45) is 1.26. The number of hydrogen-bond donors (Lipinski definition) is 0. The van der Waals surface area contributed by atoms with Crippen molar-refractivity contribution in [2.45, 2.75) is 39.5 Å². The van der Waals surface area contributed by atoms with E-state index in [2.05, 4.69) is 37.8 Å². The predicted molar refractivity (Wildman–Crippen MR) is 136 cm³/mol. The Bertz CT molecular complexity index is 1420. The maximum Gasteiger partial charge on any atom is 0.192 e. The van der Waals surface area contributed by atoms with E-state index < -0.39 is 0 Å². The van der Waals surface area contributed by atoms with E-state index in [1.807, 2.05) is 66.7 Å². The number of carbonyl (C=O) groups is 2. The van der Waals surface area contributed by atoms with Crippen LogP contribution in [-0.2, 0) is 4.79 Å². The van der Waals surface area contributed by atoms with Crippen LogP contribution in [0.2, 0.25) is 0 Å². The van der Waals surface area contributed by atoms with E-state index in [-0.39, 0.29) is 22.9 Å². The molecule has 1 atom stereocenters. The van der Waals surface area contributed by atoms with Crippen LogP contribution in [0.5, 0.6) is 0 Å². The summed E-state index contributed by atoms with van der Waals surface area (Å²) in [5.41, 5.74) is 8.15. The molecule has 0 aromatic heterocycles. The van der Waals surface area contributed by atoms with E-state index in [1.54, 1.807) is 0 Å². The lowest BCUT2D eigenvalue weighted by Gasteiger charge is -2.45.